The minimum Gasteiger partial charge on any atom is -0.493 e. The Morgan fingerprint density at radius 2 is 1.88 bits per heavy atom. The number of carbonyl (C=O) groups is 1. The van der Waals surface area contributed by atoms with Crippen molar-refractivity contribution in [3.8, 4) is 11.5 Å². The predicted molar refractivity (Wildman–Crippen MR) is 126 cm³/mol. The SMILES string of the molecule is COc1cc(C(=O)Nc2nc3ccccc3n2C(C)(C)C)ccc1OCc1c(C)noc1C. The number of ether oxygens (including phenoxy) is 2. The Kier molecular flexibility index (Phi) is 5.84. The molecule has 0 fully saturated rings. The number of benzene rings is 2. The topological polar surface area (TPSA) is 91.4 Å². The first kappa shape index (κ1) is 22.4. The summed E-state index contributed by atoms with van der Waals surface area (Å²) in [4.78, 5) is 17.7. The molecule has 1 amide bonds. The summed E-state index contributed by atoms with van der Waals surface area (Å²) in [6.07, 6.45) is 0. The van der Waals surface area contributed by atoms with Crippen LogP contribution in [0.4, 0.5) is 5.95 Å². The molecule has 33 heavy (non-hydrogen) atoms. The van der Waals surface area contributed by atoms with E-state index in [2.05, 4.69) is 36.2 Å². The normalized spacial score (nSPS) is 11.6. The first-order valence-electron chi connectivity index (χ1n) is 10.7. The van der Waals surface area contributed by atoms with Gasteiger partial charge in [-0.05, 0) is 65.0 Å². The van der Waals surface area contributed by atoms with Crippen molar-refractivity contribution in [2.24, 2.45) is 0 Å². The zero-order chi connectivity index (χ0) is 23.8. The first-order valence-corrected chi connectivity index (χ1v) is 10.7. The van der Waals surface area contributed by atoms with E-state index < -0.39 is 0 Å². The molecule has 8 nitrogen and oxygen atoms in total. The van der Waals surface area contributed by atoms with Gasteiger partial charge in [0.05, 0.1) is 29.4 Å². The van der Waals surface area contributed by atoms with Crippen LogP contribution in [0.1, 0.15) is 48.1 Å². The molecule has 2 heterocycles. The van der Waals surface area contributed by atoms with Gasteiger partial charge in [0.2, 0.25) is 5.95 Å². The van der Waals surface area contributed by atoms with Crippen molar-refractivity contribution < 1.29 is 18.8 Å². The number of rotatable bonds is 6. The maximum absolute atomic E-state index is 13.1. The van der Waals surface area contributed by atoms with Crippen LogP contribution >= 0.6 is 0 Å². The average molecular weight is 449 g/mol. The predicted octanol–water partition coefficient (Wildman–Crippen LogP) is 5.24. The van der Waals surface area contributed by atoms with Crippen molar-refractivity contribution in [1.82, 2.24) is 14.7 Å². The van der Waals surface area contributed by atoms with E-state index in [9.17, 15) is 4.79 Å². The van der Waals surface area contributed by atoms with Gasteiger partial charge in [0.25, 0.3) is 5.91 Å². The maximum Gasteiger partial charge on any atom is 0.258 e. The highest BCUT2D eigenvalue weighted by Crippen LogP contribution is 2.31. The Morgan fingerprint density at radius 3 is 2.55 bits per heavy atom. The summed E-state index contributed by atoms with van der Waals surface area (Å²) in [5, 5.41) is 6.90. The molecule has 0 aliphatic rings. The molecule has 0 bridgehead atoms. The van der Waals surface area contributed by atoms with Gasteiger partial charge < -0.3 is 18.6 Å². The third-order valence-corrected chi connectivity index (χ3v) is 5.44. The highest BCUT2D eigenvalue weighted by molar-refractivity contribution is 6.04. The molecule has 2 aromatic heterocycles. The molecule has 4 aromatic rings. The van der Waals surface area contributed by atoms with Crippen LogP contribution in [0.3, 0.4) is 0 Å². The number of aromatic nitrogens is 3. The fourth-order valence-electron chi connectivity index (χ4n) is 3.75. The lowest BCUT2D eigenvalue weighted by Crippen LogP contribution is -2.25. The third kappa shape index (κ3) is 4.41. The number of imidazole rings is 1. The number of hydrogen-bond donors (Lipinski definition) is 1. The van der Waals surface area contributed by atoms with E-state index in [-0.39, 0.29) is 11.4 Å². The largest absolute Gasteiger partial charge is 0.493 e. The summed E-state index contributed by atoms with van der Waals surface area (Å²) in [6.45, 7) is 10.2. The third-order valence-electron chi connectivity index (χ3n) is 5.44. The lowest BCUT2D eigenvalue weighted by Gasteiger charge is -2.24. The zero-order valence-electron chi connectivity index (χ0n) is 19.7. The number of amides is 1. The minimum absolute atomic E-state index is 0.272. The second-order valence-electron chi connectivity index (χ2n) is 8.84. The summed E-state index contributed by atoms with van der Waals surface area (Å²) >= 11 is 0. The number of nitrogens with zero attached hydrogens (tertiary/aromatic N) is 3. The van der Waals surface area contributed by atoms with Crippen molar-refractivity contribution in [2.75, 3.05) is 12.4 Å². The van der Waals surface area contributed by atoms with E-state index in [0.29, 0.717) is 35.4 Å². The highest BCUT2D eigenvalue weighted by Gasteiger charge is 2.23. The van der Waals surface area contributed by atoms with Gasteiger partial charge in [-0.2, -0.15) is 0 Å². The van der Waals surface area contributed by atoms with Crippen molar-refractivity contribution in [1.29, 1.82) is 0 Å². The van der Waals surface area contributed by atoms with Crippen LogP contribution in [0.25, 0.3) is 11.0 Å². The Hall–Kier alpha value is -3.81. The Balaban J connectivity index is 1.58. The zero-order valence-corrected chi connectivity index (χ0v) is 19.7. The molecule has 0 radical (unpaired) electrons. The number of anilines is 1. The average Bonchev–Trinajstić information content (AvgIpc) is 3.30. The first-order chi connectivity index (χ1) is 15.7. The summed E-state index contributed by atoms with van der Waals surface area (Å²) in [5.41, 5.74) is 3.62. The Labute approximate surface area is 192 Å². The maximum atomic E-state index is 13.1. The number of nitrogens with one attached hydrogen (secondary N) is 1. The fraction of sp³-hybridized carbons (Fsp3) is 0.320. The summed E-state index contributed by atoms with van der Waals surface area (Å²) in [6, 6.07) is 12.9. The van der Waals surface area contributed by atoms with Gasteiger partial charge in [0.15, 0.2) is 11.5 Å². The number of carbonyl (C=O) groups excluding carboxylic acids is 1. The molecule has 2 aromatic carbocycles. The number of fused-ring (bicyclic) bond motifs is 1. The Morgan fingerprint density at radius 1 is 1.12 bits per heavy atom. The number of aryl methyl sites for hydroxylation is 2. The second-order valence-corrected chi connectivity index (χ2v) is 8.84. The minimum atomic E-state index is -0.286. The summed E-state index contributed by atoms with van der Waals surface area (Å²) in [7, 11) is 1.54. The van der Waals surface area contributed by atoms with E-state index in [0.717, 1.165) is 22.3 Å². The molecule has 1 N–H and O–H groups in total. The molecule has 0 saturated carbocycles. The number of para-hydroxylation sites is 2. The molecule has 0 atom stereocenters. The van der Waals surface area contributed by atoms with Crippen molar-refractivity contribution in [2.45, 2.75) is 46.8 Å². The molecular weight excluding hydrogens is 420 g/mol. The molecular formula is C25H28N4O4. The molecule has 172 valence electrons. The van der Waals surface area contributed by atoms with Crippen molar-refractivity contribution >= 4 is 22.9 Å². The summed E-state index contributed by atoms with van der Waals surface area (Å²) < 4.78 is 18.6. The van der Waals surface area contributed by atoms with E-state index in [1.165, 1.54) is 0 Å². The fourth-order valence-corrected chi connectivity index (χ4v) is 3.75. The summed E-state index contributed by atoms with van der Waals surface area (Å²) in [5.74, 6) is 1.90. The van der Waals surface area contributed by atoms with Crippen molar-refractivity contribution in [3.05, 3.63) is 65.0 Å². The standard InChI is InChI=1S/C25H28N4O4/c1-15-18(16(2)33-28-15)14-32-21-12-11-17(13-22(21)31-6)23(30)27-24-26-19-9-7-8-10-20(19)29(24)25(3,4)5/h7-13H,14H2,1-6H3,(H,26,27,30). The highest BCUT2D eigenvalue weighted by atomic mass is 16.5. The molecule has 8 heteroatoms. The van der Waals surface area contributed by atoms with E-state index in [1.807, 2.05) is 42.7 Å². The van der Waals surface area contributed by atoms with Crippen LogP contribution in [0.5, 0.6) is 11.5 Å². The van der Waals surface area contributed by atoms with Crippen LogP contribution in [0.15, 0.2) is 47.0 Å². The van der Waals surface area contributed by atoms with Crippen LogP contribution in [-0.4, -0.2) is 27.7 Å². The van der Waals surface area contributed by atoms with Crippen LogP contribution in [-0.2, 0) is 12.1 Å². The van der Waals surface area contributed by atoms with Gasteiger partial charge >= 0.3 is 0 Å². The van der Waals surface area contributed by atoms with Crippen LogP contribution in [0.2, 0.25) is 0 Å². The monoisotopic (exact) mass is 448 g/mol. The van der Waals surface area contributed by atoms with E-state index in [4.69, 9.17) is 14.0 Å². The molecule has 0 saturated heterocycles. The van der Waals surface area contributed by atoms with E-state index in [1.54, 1.807) is 25.3 Å². The molecule has 4 rings (SSSR count). The van der Waals surface area contributed by atoms with Crippen LogP contribution < -0.4 is 14.8 Å². The van der Waals surface area contributed by atoms with Gasteiger partial charge in [-0.3, -0.25) is 10.1 Å². The van der Waals surface area contributed by atoms with E-state index >= 15 is 0 Å². The van der Waals surface area contributed by atoms with Gasteiger partial charge in [0.1, 0.15) is 12.4 Å². The Bertz CT molecular complexity index is 1290. The lowest BCUT2D eigenvalue weighted by atomic mass is 10.1. The number of hydrogen-bond acceptors (Lipinski definition) is 6. The van der Waals surface area contributed by atoms with Crippen LogP contribution in [0, 0.1) is 13.8 Å². The van der Waals surface area contributed by atoms with Gasteiger partial charge in [-0.1, -0.05) is 17.3 Å². The molecule has 0 unspecified atom stereocenters. The lowest BCUT2D eigenvalue weighted by molar-refractivity contribution is 0.102. The van der Waals surface area contributed by atoms with Gasteiger partial charge in [-0.25, -0.2) is 4.98 Å². The smallest absolute Gasteiger partial charge is 0.258 e. The van der Waals surface area contributed by atoms with Crippen molar-refractivity contribution in [3.63, 3.8) is 0 Å². The van der Waals surface area contributed by atoms with Gasteiger partial charge in [-0.15, -0.1) is 0 Å². The molecule has 0 aliphatic heterocycles. The number of methoxy groups -OCH3 is 1. The second kappa shape index (κ2) is 8.61. The molecule has 0 aliphatic carbocycles. The quantitative estimate of drug-likeness (QED) is 0.434. The van der Waals surface area contributed by atoms with Gasteiger partial charge in [0, 0.05) is 11.1 Å². The molecule has 0 spiro atoms.